The van der Waals surface area contributed by atoms with Gasteiger partial charge in [0, 0.05) is 18.3 Å². The highest BCUT2D eigenvalue weighted by Crippen LogP contribution is 2.33. The Balaban J connectivity index is 0.000000471. The van der Waals surface area contributed by atoms with Crippen molar-refractivity contribution in [3.05, 3.63) is 48.4 Å². The van der Waals surface area contributed by atoms with Crippen molar-refractivity contribution < 1.29 is 4.79 Å². The second kappa shape index (κ2) is 9.05. The van der Waals surface area contributed by atoms with Crippen LogP contribution in [0.3, 0.4) is 0 Å². The molecule has 0 spiro atoms. The van der Waals surface area contributed by atoms with E-state index in [2.05, 4.69) is 49.0 Å². The number of carbonyl (C=O) groups excluding carboxylic acids is 1. The van der Waals surface area contributed by atoms with Crippen molar-refractivity contribution in [2.24, 2.45) is 0 Å². The number of halogens is 2. The molecule has 2 aromatic heterocycles. The minimum Gasteiger partial charge on any atom is -0.388 e. The molecule has 0 radical (unpaired) electrons. The predicted molar refractivity (Wildman–Crippen MR) is 109 cm³/mol. The Morgan fingerprint density at radius 3 is 2.79 bits per heavy atom. The summed E-state index contributed by atoms with van der Waals surface area (Å²) < 4.78 is 1.83. The van der Waals surface area contributed by atoms with Crippen LogP contribution < -0.4 is 5.32 Å². The number of fused-ring (bicyclic) bond motifs is 1. The van der Waals surface area contributed by atoms with Gasteiger partial charge in [-0.1, -0.05) is 18.7 Å². The Morgan fingerprint density at radius 2 is 2.17 bits per heavy atom. The first-order valence-electron chi connectivity index (χ1n) is 6.77. The molecule has 0 saturated heterocycles. The molecule has 124 valence electrons. The molecule has 1 unspecified atom stereocenters. The number of hydrogen-bond acceptors (Lipinski definition) is 5. The van der Waals surface area contributed by atoms with Crippen molar-refractivity contribution in [2.45, 2.75) is 0 Å². The Labute approximate surface area is 159 Å². The van der Waals surface area contributed by atoms with Crippen molar-refractivity contribution in [3.63, 3.8) is 0 Å². The van der Waals surface area contributed by atoms with Crippen LogP contribution in [0, 0.1) is 0 Å². The first-order valence-corrected chi connectivity index (χ1v) is 11.2. The normalized spacial score (nSPS) is 10.5. The lowest BCUT2D eigenvalue weighted by Gasteiger charge is -2.06. The summed E-state index contributed by atoms with van der Waals surface area (Å²) in [5.41, 5.74) is 3.58. The molecule has 1 atom stereocenters. The van der Waals surface area contributed by atoms with E-state index in [1.807, 2.05) is 35.8 Å². The van der Waals surface area contributed by atoms with Gasteiger partial charge in [-0.05, 0) is 51.9 Å². The molecule has 3 rings (SSSR count). The van der Waals surface area contributed by atoms with Gasteiger partial charge in [-0.2, -0.15) is 10.1 Å². The lowest BCUT2D eigenvalue weighted by Crippen LogP contribution is -1.93. The van der Waals surface area contributed by atoms with Crippen LogP contribution in [0.5, 0.6) is 0 Å². The third kappa shape index (κ3) is 4.28. The zero-order chi connectivity index (χ0) is 17.5. The molecule has 0 aliphatic carbocycles. The van der Waals surface area contributed by atoms with Crippen LogP contribution in [0.25, 0.3) is 22.3 Å². The van der Waals surface area contributed by atoms with Gasteiger partial charge in [-0.25, -0.2) is 9.44 Å². The topological polar surface area (TPSA) is 72.7 Å². The SMILES string of the molecule is C=CC=O.CNc1cccc(-c2nc(Cl)nc3c2cnn3PI)c1. The van der Waals surface area contributed by atoms with Gasteiger partial charge in [0.2, 0.25) is 5.28 Å². The Hall–Kier alpha value is -1.57. The molecule has 24 heavy (non-hydrogen) atoms. The van der Waals surface area contributed by atoms with Gasteiger partial charge >= 0.3 is 0 Å². The zero-order valence-corrected chi connectivity index (χ0v) is 16.6. The third-order valence-electron chi connectivity index (χ3n) is 3.00. The van der Waals surface area contributed by atoms with Gasteiger partial charge in [-0.15, -0.1) is 0 Å². The van der Waals surface area contributed by atoms with Gasteiger partial charge in [0.1, 0.15) is 6.29 Å². The maximum Gasteiger partial charge on any atom is 0.225 e. The number of aldehydes is 1. The highest BCUT2D eigenvalue weighted by Gasteiger charge is 2.13. The minimum absolute atomic E-state index is 0.235. The van der Waals surface area contributed by atoms with Crippen LogP contribution in [0.4, 0.5) is 5.69 Å². The molecule has 0 saturated carbocycles. The number of rotatable bonds is 4. The molecule has 0 bridgehead atoms. The number of nitrogens with one attached hydrogen (secondary N) is 1. The molecule has 0 fully saturated rings. The summed E-state index contributed by atoms with van der Waals surface area (Å²) in [5.74, 6) is 0. The fraction of sp³-hybridized carbons (Fsp3) is 0.0667. The van der Waals surface area contributed by atoms with Gasteiger partial charge in [0.25, 0.3) is 0 Å². The van der Waals surface area contributed by atoms with E-state index in [9.17, 15) is 0 Å². The molecule has 3 aromatic rings. The molecule has 0 amide bonds. The number of allylic oxidation sites excluding steroid dienone is 1. The molecule has 9 heteroatoms. The maximum absolute atomic E-state index is 9.06. The summed E-state index contributed by atoms with van der Waals surface area (Å²) in [6.07, 6.45) is 4.09. The zero-order valence-electron chi connectivity index (χ0n) is 12.7. The predicted octanol–water partition coefficient (Wildman–Crippen LogP) is 4.35. The Morgan fingerprint density at radius 1 is 1.42 bits per heavy atom. The van der Waals surface area contributed by atoms with Crippen molar-refractivity contribution in [1.29, 1.82) is 0 Å². The van der Waals surface area contributed by atoms with Crippen LogP contribution >= 0.6 is 40.0 Å². The smallest absolute Gasteiger partial charge is 0.225 e. The van der Waals surface area contributed by atoms with Crippen LogP contribution in [0.1, 0.15) is 0 Å². The first-order chi connectivity index (χ1) is 11.6. The van der Waals surface area contributed by atoms with E-state index in [4.69, 9.17) is 16.4 Å². The van der Waals surface area contributed by atoms with Gasteiger partial charge in [0.15, 0.2) is 5.65 Å². The van der Waals surface area contributed by atoms with Gasteiger partial charge in [-0.3, -0.25) is 4.79 Å². The van der Waals surface area contributed by atoms with Crippen molar-refractivity contribution in [3.8, 4) is 11.3 Å². The largest absolute Gasteiger partial charge is 0.388 e. The second-order valence-corrected chi connectivity index (χ2v) is 6.80. The Kier molecular flexibility index (Phi) is 7.08. The molecule has 6 nitrogen and oxygen atoms in total. The summed E-state index contributed by atoms with van der Waals surface area (Å²) in [4.78, 5) is 17.7. The highest BCUT2D eigenvalue weighted by molar-refractivity contribution is 14.2. The molecular formula is C15H14ClIN5OP. The van der Waals surface area contributed by atoms with E-state index in [1.165, 1.54) is 6.08 Å². The van der Waals surface area contributed by atoms with E-state index < -0.39 is 0 Å². The average molecular weight is 474 g/mol. The minimum atomic E-state index is 0.235. The fourth-order valence-electron chi connectivity index (χ4n) is 1.99. The number of aromatic nitrogens is 4. The van der Waals surface area contributed by atoms with Crippen LogP contribution in [-0.4, -0.2) is 32.9 Å². The van der Waals surface area contributed by atoms with E-state index in [0.717, 1.165) is 28.0 Å². The highest BCUT2D eigenvalue weighted by atomic mass is 127. The molecule has 0 aliphatic rings. The van der Waals surface area contributed by atoms with Crippen LogP contribution in [0.15, 0.2) is 43.1 Å². The standard InChI is InChI=1S/C12H10ClIN5P.C3H4O/c1-15-8-4-2-3-7(5-8)10-9-6-16-19(20-14)11(9)18-12(13)17-10;1-2-3-4/h2-6,15,20H,1H3;2-3H,1H2. The molecule has 2 heterocycles. The van der Waals surface area contributed by atoms with Crippen LogP contribution in [-0.2, 0) is 4.79 Å². The van der Waals surface area contributed by atoms with Crippen molar-refractivity contribution in [1.82, 2.24) is 19.5 Å². The van der Waals surface area contributed by atoms with Gasteiger partial charge < -0.3 is 5.32 Å². The molecule has 0 aliphatic heterocycles. The fourth-order valence-corrected chi connectivity index (χ4v) is 3.56. The van der Waals surface area contributed by atoms with E-state index in [1.54, 1.807) is 6.20 Å². The van der Waals surface area contributed by atoms with Crippen molar-refractivity contribution >= 4 is 63.0 Å². The van der Waals surface area contributed by atoms with E-state index in [0.29, 0.717) is 12.7 Å². The number of anilines is 1. The number of hydrogen-bond donors (Lipinski definition) is 1. The summed E-state index contributed by atoms with van der Waals surface area (Å²) >= 11 is 8.32. The quantitative estimate of drug-likeness (QED) is 0.201. The monoisotopic (exact) mass is 473 g/mol. The van der Waals surface area contributed by atoms with E-state index in [-0.39, 0.29) is 5.28 Å². The third-order valence-corrected chi connectivity index (χ3v) is 5.03. The second-order valence-electron chi connectivity index (χ2n) is 4.42. The van der Waals surface area contributed by atoms with Crippen molar-refractivity contribution in [2.75, 3.05) is 12.4 Å². The number of carbonyl (C=O) groups is 1. The molecule has 1 aromatic carbocycles. The lowest BCUT2D eigenvalue weighted by molar-refractivity contribution is -0.104. The van der Waals surface area contributed by atoms with Crippen LogP contribution in [0.2, 0.25) is 5.28 Å². The Bertz CT molecular complexity index is 864. The van der Waals surface area contributed by atoms with E-state index >= 15 is 0 Å². The number of nitrogens with zero attached hydrogens (tertiary/aromatic N) is 4. The summed E-state index contributed by atoms with van der Waals surface area (Å²) in [5, 5.41) is 8.59. The lowest BCUT2D eigenvalue weighted by atomic mass is 10.1. The molecular weight excluding hydrogens is 460 g/mol. The average Bonchev–Trinajstić information content (AvgIpc) is 3.04. The van der Waals surface area contributed by atoms with Gasteiger partial charge in [0.05, 0.1) is 23.7 Å². The first kappa shape index (κ1) is 18.8. The molecule has 1 N–H and O–H groups in total. The number of benzene rings is 1. The summed E-state index contributed by atoms with van der Waals surface area (Å²) in [6, 6.07) is 8.01. The maximum atomic E-state index is 9.06. The summed E-state index contributed by atoms with van der Waals surface area (Å²) in [6.45, 7) is 3.11. The summed E-state index contributed by atoms with van der Waals surface area (Å²) in [7, 11) is 1.89.